The molecular weight excluding hydrogens is 340 g/mol. The van der Waals surface area contributed by atoms with Gasteiger partial charge in [-0.3, -0.25) is 14.4 Å². The van der Waals surface area contributed by atoms with Gasteiger partial charge in [0.05, 0.1) is 24.4 Å². The van der Waals surface area contributed by atoms with Crippen molar-refractivity contribution in [3.8, 4) is 0 Å². The number of hydrogen-bond acceptors (Lipinski definition) is 7. The molecule has 0 aliphatic carbocycles. The lowest BCUT2D eigenvalue weighted by Gasteiger charge is -2.20. The number of nitrogens with one attached hydrogen (secondary N) is 2. The number of likely N-dealkylation sites (N-methyl/N-ethyl adjacent to an activating group) is 2. The number of carboxylic acids is 1. The van der Waals surface area contributed by atoms with Crippen molar-refractivity contribution in [1.82, 2.24) is 15.6 Å². The van der Waals surface area contributed by atoms with Crippen LogP contribution in [0.4, 0.5) is 5.82 Å². The number of aromatic nitrogens is 1. The van der Waals surface area contributed by atoms with Crippen molar-refractivity contribution in [2.45, 2.75) is 30.8 Å². The number of amides is 1. The Morgan fingerprint density at radius 2 is 2.23 bits per heavy atom. The average Bonchev–Trinajstić information content (AvgIpc) is 2.71. The summed E-state index contributed by atoms with van der Waals surface area (Å²) < 4.78 is 0. The van der Waals surface area contributed by atoms with Crippen LogP contribution >= 0.6 is 0 Å². The summed E-state index contributed by atoms with van der Waals surface area (Å²) >= 11 is 0. The molecule has 0 radical (unpaired) electrons. The number of anilines is 1. The number of nitrogens with zero attached hydrogens (tertiary/aromatic N) is 2. The summed E-state index contributed by atoms with van der Waals surface area (Å²) in [7, 11) is 3.49. The summed E-state index contributed by atoms with van der Waals surface area (Å²) in [4.78, 5) is 53.1. The first-order valence-electron chi connectivity index (χ1n) is 8.20. The van der Waals surface area contributed by atoms with Crippen LogP contribution in [0.25, 0.3) is 0 Å². The van der Waals surface area contributed by atoms with E-state index in [1.807, 2.05) is 11.9 Å². The highest BCUT2D eigenvalue weighted by Crippen LogP contribution is 2.32. The van der Waals surface area contributed by atoms with Crippen LogP contribution in [0, 0.1) is 0 Å². The molecule has 0 bridgehead atoms. The molecule has 3 atom stereocenters. The van der Waals surface area contributed by atoms with E-state index in [9.17, 15) is 19.2 Å². The Balaban J connectivity index is 2.25. The van der Waals surface area contributed by atoms with Crippen molar-refractivity contribution in [2.24, 2.45) is 0 Å². The van der Waals surface area contributed by atoms with E-state index in [4.69, 9.17) is 5.11 Å². The second-order valence-electron chi connectivity index (χ2n) is 6.21. The molecule has 2 unspecified atom stereocenters. The van der Waals surface area contributed by atoms with E-state index >= 15 is 0 Å². The van der Waals surface area contributed by atoms with E-state index < -0.39 is 36.3 Å². The van der Waals surface area contributed by atoms with Gasteiger partial charge in [0.25, 0.3) is 0 Å². The monoisotopic (exact) mass is 362 g/mol. The zero-order valence-corrected chi connectivity index (χ0v) is 14.6. The standard InChI is InChI=1S/C17H22N4O5/c1-18-13-8-21(2)17-11(4-3-5-19-17)12(16(13)26)7-14(23)20-10(9-22)6-15(24)25/h3-5,9-10,12-13,18H,6-8H2,1-2H3,(H,20,23)(H,24,25)/t10-,12?,13?/m0/s1. The molecule has 1 aliphatic rings. The molecule has 0 aromatic carbocycles. The third-order valence-electron chi connectivity index (χ3n) is 4.34. The van der Waals surface area contributed by atoms with Crippen LogP contribution in [-0.2, 0) is 19.2 Å². The number of pyridine rings is 1. The molecule has 2 heterocycles. The lowest BCUT2D eigenvalue weighted by atomic mass is 9.89. The van der Waals surface area contributed by atoms with Gasteiger partial charge in [-0.2, -0.15) is 0 Å². The number of fused-ring (bicyclic) bond motifs is 1. The molecule has 2 rings (SSSR count). The first kappa shape index (κ1) is 19.5. The number of carboxylic acid groups (broad SMARTS) is 1. The third kappa shape index (κ3) is 4.42. The van der Waals surface area contributed by atoms with Crippen LogP contribution in [0.15, 0.2) is 18.3 Å². The van der Waals surface area contributed by atoms with Gasteiger partial charge in [0, 0.05) is 31.8 Å². The Labute approximate surface area is 150 Å². The minimum atomic E-state index is -1.20. The Kier molecular flexibility index (Phi) is 6.40. The topological polar surface area (TPSA) is 129 Å². The van der Waals surface area contributed by atoms with Crippen molar-refractivity contribution in [2.75, 3.05) is 25.5 Å². The van der Waals surface area contributed by atoms with Gasteiger partial charge in [-0.05, 0) is 13.1 Å². The fraction of sp³-hybridized carbons (Fsp3) is 0.471. The van der Waals surface area contributed by atoms with E-state index in [-0.39, 0.29) is 12.2 Å². The summed E-state index contributed by atoms with van der Waals surface area (Å²) in [5, 5.41) is 14.1. The second-order valence-corrected chi connectivity index (χ2v) is 6.21. The predicted octanol–water partition coefficient (Wildman–Crippen LogP) is -0.679. The first-order chi connectivity index (χ1) is 12.4. The third-order valence-corrected chi connectivity index (χ3v) is 4.34. The van der Waals surface area contributed by atoms with Crippen molar-refractivity contribution in [1.29, 1.82) is 0 Å². The molecule has 1 aliphatic heterocycles. The van der Waals surface area contributed by atoms with E-state index in [2.05, 4.69) is 15.6 Å². The van der Waals surface area contributed by atoms with E-state index in [1.54, 1.807) is 25.4 Å². The Morgan fingerprint density at radius 3 is 2.85 bits per heavy atom. The number of carbonyl (C=O) groups excluding carboxylic acids is 3. The van der Waals surface area contributed by atoms with Gasteiger partial charge in [-0.15, -0.1) is 0 Å². The first-order valence-corrected chi connectivity index (χ1v) is 8.20. The molecule has 1 aromatic rings. The number of aldehydes is 1. The maximum Gasteiger partial charge on any atom is 0.305 e. The minimum Gasteiger partial charge on any atom is -0.481 e. The molecule has 140 valence electrons. The molecule has 9 nitrogen and oxygen atoms in total. The highest BCUT2D eigenvalue weighted by atomic mass is 16.4. The molecule has 9 heteroatoms. The smallest absolute Gasteiger partial charge is 0.305 e. The minimum absolute atomic E-state index is 0.151. The Bertz CT molecular complexity index is 708. The predicted molar refractivity (Wildman–Crippen MR) is 93.0 cm³/mol. The molecule has 0 saturated heterocycles. The summed E-state index contributed by atoms with van der Waals surface area (Å²) in [6.45, 7) is 0.410. The van der Waals surface area contributed by atoms with Gasteiger partial charge in [0.2, 0.25) is 5.91 Å². The van der Waals surface area contributed by atoms with Gasteiger partial charge in [0.15, 0.2) is 5.78 Å². The SMILES string of the molecule is CNC1CN(C)c2ncccc2C(CC(=O)N[C@H](C=O)CC(=O)O)C1=O. The maximum absolute atomic E-state index is 12.9. The lowest BCUT2D eigenvalue weighted by Crippen LogP contribution is -2.44. The summed E-state index contributed by atoms with van der Waals surface area (Å²) in [6.07, 6.45) is 1.30. The molecule has 0 spiro atoms. The highest BCUT2D eigenvalue weighted by Gasteiger charge is 2.36. The fourth-order valence-electron chi connectivity index (χ4n) is 3.06. The zero-order valence-electron chi connectivity index (χ0n) is 14.6. The Hall–Kier alpha value is -2.81. The van der Waals surface area contributed by atoms with Crippen LogP contribution in [-0.4, -0.2) is 66.8 Å². The van der Waals surface area contributed by atoms with Crippen LogP contribution in [0.2, 0.25) is 0 Å². The van der Waals surface area contributed by atoms with Gasteiger partial charge < -0.3 is 25.4 Å². The number of aliphatic carboxylic acids is 1. The second kappa shape index (κ2) is 8.52. The van der Waals surface area contributed by atoms with Crippen LogP contribution < -0.4 is 15.5 Å². The summed E-state index contributed by atoms with van der Waals surface area (Å²) in [6, 6.07) is 1.84. The van der Waals surface area contributed by atoms with Gasteiger partial charge in [-0.25, -0.2) is 4.98 Å². The van der Waals surface area contributed by atoms with Crippen molar-refractivity contribution >= 4 is 29.8 Å². The molecule has 3 N–H and O–H groups in total. The molecule has 1 amide bonds. The normalized spacial score (nSPS) is 20.7. The van der Waals surface area contributed by atoms with Crippen LogP contribution in [0.5, 0.6) is 0 Å². The number of hydrogen-bond donors (Lipinski definition) is 3. The van der Waals surface area contributed by atoms with E-state index in [1.165, 1.54) is 0 Å². The fourth-order valence-corrected chi connectivity index (χ4v) is 3.06. The van der Waals surface area contributed by atoms with Gasteiger partial charge in [0.1, 0.15) is 12.1 Å². The number of Topliss-reactive ketones (excluding diaryl/α,β-unsaturated/α-hetero) is 1. The molecule has 0 fully saturated rings. The van der Waals surface area contributed by atoms with E-state index in [0.29, 0.717) is 24.2 Å². The average molecular weight is 362 g/mol. The largest absolute Gasteiger partial charge is 0.481 e. The molecule has 0 saturated carbocycles. The number of ketones is 1. The van der Waals surface area contributed by atoms with E-state index in [0.717, 1.165) is 0 Å². The van der Waals surface area contributed by atoms with Crippen LogP contribution in [0.1, 0.15) is 24.3 Å². The van der Waals surface area contributed by atoms with Crippen molar-refractivity contribution < 1.29 is 24.3 Å². The Morgan fingerprint density at radius 1 is 1.50 bits per heavy atom. The summed E-state index contributed by atoms with van der Waals surface area (Å²) in [5.41, 5.74) is 0.633. The van der Waals surface area contributed by atoms with Crippen molar-refractivity contribution in [3.63, 3.8) is 0 Å². The molecule has 26 heavy (non-hydrogen) atoms. The highest BCUT2D eigenvalue weighted by molar-refractivity contribution is 5.97. The van der Waals surface area contributed by atoms with Gasteiger partial charge >= 0.3 is 5.97 Å². The lowest BCUT2D eigenvalue weighted by molar-refractivity contribution is -0.139. The number of rotatable bonds is 7. The maximum atomic E-state index is 12.9. The quantitative estimate of drug-likeness (QED) is 0.544. The zero-order chi connectivity index (χ0) is 19.3. The van der Waals surface area contributed by atoms with Crippen LogP contribution in [0.3, 0.4) is 0 Å². The summed E-state index contributed by atoms with van der Waals surface area (Å²) in [5.74, 6) is -2.02. The molecular formula is C17H22N4O5. The number of carbonyl (C=O) groups is 4. The van der Waals surface area contributed by atoms with Crippen molar-refractivity contribution in [3.05, 3.63) is 23.9 Å². The van der Waals surface area contributed by atoms with Gasteiger partial charge in [-0.1, -0.05) is 6.07 Å². The molecule has 1 aromatic heterocycles.